The maximum atomic E-state index is 5.87. The van der Waals surface area contributed by atoms with Crippen LogP contribution in [0.25, 0.3) is 0 Å². The summed E-state index contributed by atoms with van der Waals surface area (Å²) in [6.45, 7) is 7.74. The zero-order valence-electron chi connectivity index (χ0n) is 10.4. The summed E-state index contributed by atoms with van der Waals surface area (Å²) in [7, 11) is 0. The van der Waals surface area contributed by atoms with Gasteiger partial charge in [-0.3, -0.25) is 0 Å². The highest BCUT2D eigenvalue weighted by Crippen LogP contribution is 2.29. The minimum absolute atomic E-state index is 0.421. The minimum Gasteiger partial charge on any atom is -0.330 e. The van der Waals surface area contributed by atoms with E-state index >= 15 is 0 Å². The molecule has 0 amide bonds. The molecule has 0 aliphatic heterocycles. The van der Waals surface area contributed by atoms with Gasteiger partial charge < -0.3 is 5.73 Å². The first-order valence-electron chi connectivity index (χ1n) is 6.38. The summed E-state index contributed by atoms with van der Waals surface area (Å²) in [6.07, 6.45) is 10.7. The molecule has 0 aliphatic carbocycles. The van der Waals surface area contributed by atoms with E-state index in [9.17, 15) is 0 Å². The predicted molar refractivity (Wildman–Crippen MR) is 65.4 cm³/mol. The Hall–Kier alpha value is -0.0400. The Kier molecular flexibility index (Phi) is 8.26. The first-order valence-corrected chi connectivity index (χ1v) is 6.38. The van der Waals surface area contributed by atoms with Gasteiger partial charge >= 0.3 is 0 Å². The van der Waals surface area contributed by atoms with Crippen molar-refractivity contribution in [2.45, 2.75) is 72.1 Å². The van der Waals surface area contributed by atoms with Crippen molar-refractivity contribution in [1.29, 1.82) is 0 Å². The molecule has 0 aromatic carbocycles. The van der Waals surface area contributed by atoms with Gasteiger partial charge in [-0.25, -0.2) is 0 Å². The molecule has 0 spiro atoms. The average Bonchev–Trinajstić information content (AvgIpc) is 2.19. The molecule has 0 aromatic rings. The molecule has 0 heterocycles. The van der Waals surface area contributed by atoms with E-state index < -0.39 is 0 Å². The van der Waals surface area contributed by atoms with Crippen LogP contribution in [-0.2, 0) is 0 Å². The molecule has 0 unspecified atom stereocenters. The van der Waals surface area contributed by atoms with Gasteiger partial charge in [0.15, 0.2) is 0 Å². The number of hydrogen-bond donors (Lipinski definition) is 1. The molecule has 0 bridgehead atoms. The van der Waals surface area contributed by atoms with Crippen LogP contribution in [0.4, 0.5) is 0 Å². The molecule has 14 heavy (non-hydrogen) atoms. The van der Waals surface area contributed by atoms with Crippen molar-refractivity contribution in [3.63, 3.8) is 0 Å². The molecular weight excluding hydrogens is 170 g/mol. The standard InChI is InChI=1S/C13H29N/c1-4-6-8-10-13(3,12-14)11-9-7-5-2/h4-12,14H2,1-3H3. The highest BCUT2D eigenvalue weighted by atomic mass is 14.6. The van der Waals surface area contributed by atoms with E-state index in [2.05, 4.69) is 20.8 Å². The van der Waals surface area contributed by atoms with Crippen molar-refractivity contribution >= 4 is 0 Å². The Bertz CT molecular complexity index is 110. The van der Waals surface area contributed by atoms with Crippen molar-refractivity contribution in [1.82, 2.24) is 0 Å². The van der Waals surface area contributed by atoms with Crippen LogP contribution in [0, 0.1) is 5.41 Å². The fourth-order valence-electron chi connectivity index (χ4n) is 1.93. The van der Waals surface area contributed by atoms with Crippen LogP contribution in [0.2, 0.25) is 0 Å². The zero-order chi connectivity index (χ0) is 10.9. The number of nitrogens with two attached hydrogens (primary N) is 1. The lowest BCUT2D eigenvalue weighted by Gasteiger charge is -2.28. The molecule has 86 valence electrons. The lowest BCUT2D eigenvalue weighted by atomic mass is 9.80. The summed E-state index contributed by atoms with van der Waals surface area (Å²) in [5, 5.41) is 0. The van der Waals surface area contributed by atoms with E-state index in [0.717, 1.165) is 6.54 Å². The summed E-state index contributed by atoms with van der Waals surface area (Å²) in [5.41, 5.74) is 6.29. The smallest absolute Gasteiger partial charge is 0.00232 e. The highest BCUT2D eigenvalue weighted by Gasteiger charge is 2.20. The van der Waals surface area contributed by atoms with Crippen LogP contribution < -0.4 is 5.73 Å². The maximum absolute atomic E-state index is 5.87. The summed E-state index contributed by atoms with van der Waals surface area (Å²) in [4.78, 5) is 0. The van der Waals surface area contributed by atoms with Gasteiger partial charge in [-0.1, -0.05) is 59.3 Å². The van der Waals surface area contributed by atoms with Gasteiger partial charge in [-0.15, -0.1) is 0 Å². The van der Waals surface area contributed by atoms with Crippen LogP contribution in [-0.4, -0.2) is 6.54 Å². The fourth-order valence-corrected chi connectivity index (χ4v) is 1.93. The molecule has 0 saturated heterocycles. The summed E-state index contributed by atoms with van der Waals surface area (Å²) in [5.74, 6) is 0. The van der Waals surface area contributed by atoms with Gasteiger partial charge in [-0.05, 0) is 24.8 Å². The lowest BCUT2D eigenvalue weighted by Crippen LogP contribution is -2.27. The van der Waals surface area contributed by atoms with Crippen molar-refractivity contribution in [2.75, 3.05) is 6.54 Å². The SMILES string of the molecule is CCCCCC(C)(CN)CCCCC. The minimum atomic E-state index is 0.421. The first-order chi connectivity index (χ1) is 6.68. The second-order valence-corrected chi connectivity index (χ2v) is 4.93. The van der Waals surface area contributed by atoms with Gasteiger partial charge in [-0.2, -0.15) is 0 Å². The Morgan fingerprint density at radius 2 is 1.29 bits per heavy atom. The number of rotatable bonds is 9. The van der Waals surface area contributed by atoms with E-state index in [0.29, 0.717) is 5.41 Å². The van der Waals surface area contributed by atoms with Crippen molar-refractivity contribution < 1.29 is 0 Å². The van der Waals surface area contributed by atoms with Crippen molar-refractivity contribution in [3.05, 3.63) is 0 Å². The third kappa shape index (κ3) is 6.42. The van der Waals surface area contributed by atoms with Gasteiger partial charge in [0.25, 0.3) is 0 Å². The third-order valence-corrected chi connectivity index (χ3v) is 3.26. The maximum Gasteiger partial charge on any atom is -0.00232 e. The van der Waals surface area contributed by atoms with Crippen LogP contribution in [0.3, 0.4) is 0 Å². The summed E-state index contributed by atoms with van der Waals surface area (Å²) < 4.78 is 0. The molecule has 1 heteroatoms. The number of unbranched alkanes of at least 4 members (excludes halogenated alkanes) is 4. The molecule has 0 fully saturated rings. The average molecular weight is 199 g/mol. The molecule has 0 radical (unpaired) electrons. The summed E-state index contributed by atoms with van der Waals surface area (Å²) in [6, 6.07) is 0. The third-order valence-electron chi connectivity index (χ3n) is 3.26. The molecule has 0 saturated carbocycles. The molecule has 0 aromatic heterocycles. The zero-order valence-corrected chi connectivity index (χ0v) is 10.4. The van der Waals surface area contributed by atoms with E-state index in [1.54, 1.807) is 0 Å². The Labute approximate surface area is 90.5 Å². The molecule has 0 rings (SSSR count). The van der Waals surface area contributed by atoms with Gasteiger partial charge in [0.05, 0.1) is 0 Å². The highest BCUT2D eigenvalue weighted by molar-refractivity contribution is 4.75. The molecule has 2 N–H and O–H groups in total. The van der Waals surface area contributed by atoms with Gasteiger partial charge in [0.2, 0.25) is 0 Å². The topological polar surface area (TPSA) is 26.0 Å². The second-order valence-electron chi connectivity index (χ2n) is 4.93. The van der Waals surface area contributed by atoms with Crippen molar-refractivity contribution in [2.24, 2.45) is 11.1 Å². The van der Waals surface area contributed by atoms with Crippen LogP contribution in [0.15, 0.2) is 0 Å². The molecular formula is C13H29N. The second kappa shape index (κ2) is 8.28. The molecule has 0 atom stereocenters. The monoisotopic (exact) mass is 199 g/mol. The first kappa shape index (κ1) is 14.0. The van der Waals surface area contributed by atoms with Gasteiger partial charge in [0, 0.05) is 0 Å². The Balaban J connectivity index is 3.67. The quantitative estimate of drug-likeness (QED) is 0.556. The normalized spacial score (nSPS) is 12.0. The Morgan fingerprint density at radius 3 is 1.57 bits per heavy atom. The van der Waals surface area contributed by atoms with Crippen LogP contribution >= 0.6 is 0 Å². The van der Waals surface area contributed by atoms with E-state index in [1.807, 2.05) is 0 Å². The molecule has 0 aliphatic rings. The predicted octanol–water partition coefficient (Wildman–Crippen LogP) is 4.11. The number of hydrogen-bond acceptors (Lipinski definition) is 1. The lowest BCUT2D eigenvalue weighted by molar-refractivity contribution is 0.263. The van der Waals surface area contributed by atoms with Crippen LogP contribution in [0.1, 0.15) is 72.1 Å². The van der Waals surface area contributed by atoms with E-state index in [-0.39, 0.29) is 0 Å². The largest absolute Gasteiger partial charge is 0.330 e. The van der Waals surface area contributed by atoms with Crippen LogP contribution in [0.5, 0.6) is 0 Å². The Morgan fingerprint density at radius 1 is 0.857 bits per heavy atom. The fraction of sp³-hybridized carbons (Fsp3) is 1.00. The van der Waals surface area contributed by atoms with Crippen molar-refractivity contribution in [3.8, 4) is 0 Å². The molecule has 1 nitrogen and oxygen atoms in total. The van der Waals surface area contributed by atoms with Gasteiger partial charge in [0.1, 0.15) is 0 Å². The summed E-state index contributed by atoms with van der Waals surface area (Å²) >= 11 is 0. The van der Waals surface area contributed by atoms with E-state index in [1.165, 1.54) is 51.4 Å². The van der Waals surface area contributed by atoms with E-state index in [4.69, 9.17) is 5.73 Å².